The molecule has 0 heterocycles. The second-order valence-electron chi connectivity index (χ2n) is 3.66. The maximum atomic E-state index is 9.75. The second-order valence-corrected chi connectivity index (χ2v) is 3.66. The van der Waals surface area contributed by atoms with E-state index in [1.165, 1.54) is 18.6 Å². The van der Waals surface area contributed by atoms with Gasteiger partial charge in [-0.2, -0.15) is 0 Å². The van der Waals surface area contributed by atoms with Gasteiger partial charge < -0.3 is 15.6 Å². The van der Waals surface area contributed by atoms with Crippen LogP contribution in [-0.2, 0) is 4.79 Å². The van der Waals surface area contributed by atoms with Gasteiger partial charge in [0.1, 0.15) is 6.04 Å². The first-order chi connectivity index (χ1) is 7.49. The highest BCUT2D eigenvalue weighted by Crippen LogP contribution is 2.04. The van der Waals surface area contributed by atoms with Crippen molar-refractivity contribution in [1.29, 1.82) is 0 Å². The van der Waals surface area contributed by atoms with Crippen LogP contribution in [0.2, 0.25) is 0 Å². The van der Waals surface area contributed by atoms with Gasteiger partial charge in [-0.25, -0.2) is 0 Å². The second kappa shape index (κ2) is 7.65. The first-order valence-corrected chi connectivity index (χ1v) is 5.20. The highest BCUT2D eigenvalue weighted by molar-refractivity contribution is 5.69. The molecule has 1 unspecified atom stereocenters. The van der Waals surface area contributed by atoms with Crippen molar-refractivity contribution in [3.8, 4) is 0 Å². The van der Waals surface area contributed by atoms with Gasteiger partial charge in [0.2, 0.25) is 0 Å². The smallest absolute Gasteiger partial charge is 0.107 e. The van der Waals surface area contributed by atoms with Crippen LogP contribution in [0.4, 0.5) is 0 Å². The van der Waals surface area contributed by atoms with E-state index in [0.717, 1.165) is 0 Å². The lowest BCUT2D eigenvalue weighted by molar-refractivity contribution is -0.420. The number of hydrogen-bond acceptors (Lipinski definition) is 2. The molecule has 16 heavy (non-hydrogen) atoms. The lowest BCUT2D eigenvalue weighted by atomic mass is 10.1. The first-order valence-electron chi connectivity index (χ1n) is 5.20. The van der Waals surface area contributed by atoms with Gasteiger partial charge in [0.25, 0.3) is 0 Å². The van der Waals surface area contributed by atoms with Crippen LogP contribution in [0.3, 0.4) is 0 Å². The molecule has 0 aliphatic heterocycles. The van der Waals surface area contributed by atoms with Crippen molar-refractivity contribution in [2.75, 3.05) is 0 Å². The molecule has 0 radical (unpaired) electrons. The summed E-state index contributed by atoms with van der Waals surface area (Å²) >= 11 is 0. The maximum Gasteiger partial charge on any atom is 0.107 e. The monoisotopic (exact) mass is 221 g/mol. The zero-order chi connectivity index (χ0) is 12.6. The molecule has 0 bridgehead atoms. The molecule has 1 rings (SSSR count). The molecule has 3 heteroatoms. The predicted octanol–water partition coefficient (Wildman–Crippen LogP) is 0.548. The number of carbonyl (C=O) groups is 1. The van der Waals surface area contributed by atoms with Crippen molar-refractivity contribution in [3.63, 3.8) is 0 Å². The minimum atomic E-state index is -1.07. The minimum absolute atomic E-state index is 0.409. The molecule has 1 aromatic rings. The van der Waals surface area contributed by atoms with Gasteiger partial charge in [-0.1, -0.05) is 43.3 Å². The number of rotatable bonds is 3. The van der Waals surface area contributed by atoms with Crippen LogP contribution in [0.5, 0.6) is 0 Å². The first kappa shape index (κ1) is 14.4. The summed E-state index contributed by atoms with van der Waals surface area (Å²) in [4.78, 5) is 9.75. The third-order valence-corrected chi connectivity index (χ3v) is 2.09. The number of quaternary nitrogens is 1. The number of carboxylic acid groups (broad SMARTS) is 1. The molecule has 0 aromatic heterocycles. The van der Waals surface area contributed by atoms with Gasteiger partial charge in [-0.3, -0.25) is 0 Å². The normalized spacial score (nSPS) is 12.9. The molecule has 88 valence electrons. The molecule has 2 atom stereocenters. The Bertz CT molecular complexity index is 320. The van der Waals surface area contributed by atoms with Crippen molar-refractivity contribution >= 4 is 5.97 Å². The average Bonchev–Trinajstić information content (AvgIpc) is 2.29. The average molecular weight is 221 g/mol. The van der Waals surface area contributed by atoms with Crippen molar-refractivity contribution in [2.24, 2.45) is 5.92 Å². The molecule has 0 fully saturated rings. The minimum Gasteiger partial charge on any atom is -0.550 e. The standard InChI is InChI=1S/C8H11N.C5H8O2/c1-7(9)8-5-3-2-4-6-8;1-3-4(2)5(6)7/h2-7H,9H2,1H3;3-4H,1H2,2H3,(H,6,7)/t7-;/m1./s1. The highest BCUT2D eigenvalue weighted by Gasteiger charge is 1.97. The van der Waals surface area contributed by atoms with Gasteiger partial charge in [-0.05, 0) is 6.92 Å². The fourth-order valence-electron chi connectivity index (χ4n) is 0.878. The van der Waals surface area contributed by atoms with E-state index in [9.17, 15) is 9.90 Å². The molecule has 0 saturated heterocycles. The fraction of sp³-hybridized carbons (Fsp3) is 0.308. The third kappa shape index (κ3) is 5.98. The molecule has 0 spiro atoms. The molecule has 3 nitrogen and oxygen atoms in total. The molecule has 0 aliphatic carbocycles. The third-order valence-electron chi connectivity index (χ3n) is 2.09. The Morgan fingerprint density at radius 2 is 1.88 bits per heavy atom. The Hall–Kier alpha value is -1.61. The maximum absolute atomic E-state index is 9.75. The lowest BCUT2D eigenvalue weighted by Crippen LogP contribution is -2.51. The van der Waals surface area contributed by atoms with Gasteiger partial charge in [0.05, 0.1) is 0 Å². The van der Waals surface area contributed by atoms with Crippen LogP contribution >= 0.6 is 0 Å². The summed E-state index contributed by atoms with van der Waals surface area (Å²) < 4.78 is 0. The molecular weight excluding hydrogens is 202 g/mol. The summed E-state index contributed by atoms with van der Waals surface area (Å²) in [5.41, 5.74) is 5.21. The van der Waals surface area contributed by atoms with E-state index in [-0.39, 0.29) is 0 Å². The Kier molecular flexibility index (Phi) is 6.88. The molecular formula is C13H19NO2. The predicted molar refractivity (Wildman–Crippen MR) is 62.1 cm³/mol. The molecule has 3 N–H and O–H groups in total. The molecule has 0 amide bonds. The Labute approximate surface area is 96.6 Å². The van der Waals surface area contributed by atoms with E-state index in [1.54, 1.807) is 0 Å². The van der Waals surface area contributed by atoms with E-state index >= 15 is 0 Å². The Morgan fingerprint density at radius 1 is 1.38 bits per heavy atom. The van der Waals surface area contributed by atoms with Crippen LogP contribution in [-0.4, -0.2) is 5.97 Å². The molecule has 1 aromatic carbocycles. The topological polar surface area (TPSA) is 67.8 Å². The van der Waals surface area contributed by atoms with E-state index < -0.39 is 11.9 Å². The van der Waals surface area contributed by atoms with E-state index in [2.05, 4.69) is 31.4 Å². The van der Waals surface area contributed by atoms with Gasteiger partial charge in [-0.15, -0.1) is 6.58 Å². The van der Waals surface area contributed by atoms with E-state index in [4.69, 9.17) is 0 Å². The largest absolute Gasteiger partial charge is 0.550 e. The zero-order valence-corrected chi connectivity index (χ0v) is 9.85. The summed E-state index contributed by atoms with van der Waals surface area (Å²) in [7, 11) is 0. The van der Waals surface area contributed by atoms with Crippen LogP contribution < -0.4 is 10.8 Å². The van der Waals surface area contributed by atoms with Crippen LogP contribution in [0.25, 0.3) is 0 Å². The lowest BCUT2D eigenvalue weighted by Gasteiger charge is -2.03. The zero-order valence-electron chi connectivity index (χ0n) is 9.85. The number of aliphatic carboxylic acids is 1. The van der Waals surface area contributed by atoms with Crippen molar-refractivity contribution in [3.05, 3.63) is 48.6 Å². The quantitative estimate of drug-likeness (QED) is 0.757. The molecule has 0 saturated carbocycles. The van der Waals surface area contributed by atoms with Gasteiger partial charge in [0, 0.05) is 17.5 Å². The van der Waals surface area contributed by atoms with Crippen molar-refractivity contribution in [1.82, 2.24) is 0 Å². The van der Waals surface area contributed by atoms with Crippen LogP contribution in [0.1, 0.15) is 25.5 Å². The summed E-state index contributed by atoms with van der Waals surface area (Å²) in [5.74, 6) is -1.60. The van der Waals surface area contributed by atoms with Crippen molar-refractivity contribution in [2.45, 2.75) is 19.9 Å². The summed E-state index contributed by atoms with van der Waals surface area (Å²) in [6.45, 7) is 6.87. The number of hydrogen-bond donors (Lipinski definition) is 1. The SMILES string of the molecule is C=CC(C)C(=O)[O-].C[C@@H]([NH3+])c1ccccc1. The number of carboxylic acids is 1. The summed E-state index contributed by atoms with van der Waals surface area (Å²) in [6, 6.07) is 10.7. The fourth-order valence-corrected chi connectivity index (χ4v) is 0.878. The van der Waals surface area contributed by atoms with E-state index in [0.29, 0.717) is 6.04 Å². The van der Waals surface area contributed by atoms with Crippen LogP contribution in [0.15, 0.2) is 43.0 Å². The highest BCUT2D eigenvalue weighted by atomic mass is 16.4. The number of carbonyl (C=O) groups excluding carboxylic acids is 1. The van der Waals surface area contributed by atoms with Gasteiger partial charge in [0.15, 0.2) is 0 Å². The number of benzene rings is 1. The summed E-state index contributed by atoms with van der Waals surface area (Å²) in [6.07, 6.45) is 1.33. The molecule has 0 aliphatic rings. The Morgan fingerprint density at radius 3 is 2.06 bits per heavy atom. The summed E-state index contributed by atoms with van der Waals surface area (Å²) in [5, 5.41) is 9.75. The Balaban J connectivity index is 0.000000293. The van der Waals surface area contributed by atoms with Crippen LogP contribution in [0, 0.1) is 5.92 Å². The van der Waals surface area contributed by atoms with Crippen molar-refractivity contribution < 1.29 is 15.6 Å². The van der Waals surface area contributed by atoms with E-state index in [1.807, 2.05) is 18.2 Å². The van der Waals surface area contributed by atoms with Gasteiger partial charge >= 0.3 is 0 Å².